The third-order valence-electron chi connectivity index (χ3n) is 3.59. The highest BCUT2D eigenvalue weighted by Crippen LogP contribution is 2.28. The molecule has 3 heteroatoms. The number of likely N-dealkylation sites (tertiary alicyclic amines) is 1. The van der Waals surface area contributed by atoms with Crippen LogP contribution in [0.3, 0.4) is 0 Å². The Hall–Kier alpha value is -1.25. The highest BCUT2D eigenvalue weighted by molar-refractivity contribution is 5.78. The summed E-state index contributed by atoms with van der Waals surface area (Å²) < 4.78 is 5.42. The molecule has 0 saturated carbocycles. The van der Waals surface area contributed by atoms with Crippen molar-refractivity contribution in [3.8, 4) is 0 Å². The zero-order valence-electron chi connectivity index (χ0n) is 10.7. The molecule has 1 aromatic rings. The van der Waals surface area contributed by atoms with Crippen molar-refractivity contribution < 1.29 is 9.21 Å². The molecule has 0 radical (unpaired) electrons. The summed E-state index contributed by atoms with van der Waals surface area (Å²) in [5.41, 5.74) is 0. The lowest BCUT2D eigenvalue weighted by Gasteiger charge is -2.20. The lowest BCUT2D eigenvalue weighted by atomic mass is 10.0. The quantitative estimate of drug-likeness (QED) is 0.803. The molecular weight excluding hydrogens is 214 g/mol. The Morgan fingerprint density at radius 1 is 1.65 bits per heavy atom. The first kappa shape index (κ1) is 12.2. The highest BCUT2D eigenvalue weighted by atomic mass is 16.3. The van der Waals surface area contributed by atoms with Gasteiger partial charge in [0.05, 0.1) is 6.26 Å². The molecule has 1 aliphatic rings. The lowest BCUT2D eigenvalue weighted by molar-refractivity contribution is -0.134. The number of carbonyl (C=O) groups excluding carboxylic acids is 1. The van der Waals surface area contributed by atoms with Crippen LogP contribution in [0.4, 0.5) is 0 Å². The molecule has 0 N–H and O–H groups in total. The van der Waals surface area contributed by atoms with E-state index in [1.807, 2.05) is 24.0 Å². The van der Waals surface area contributed by atoms with Crippen LogP contribution >= 0.6 is 0 Å². The van der Waals surface area contributed by atoms with E-state index in [4.69, 9.17) is 4.42 Å². The monoisotopic (exact) mass is 235 g/mol. The predicted molar refractivity (Wildman–Crippen MR) is 66.7 cm³/mol. The summed E-state index contributed by atoms with van der Waals surface area (Å²) in [4.78, 5) is 14.1. The maximum absolute atomic E-state index is 12.1. The van der Waals surface area contributed by atoms with E-state index in [1.54, 1.807) is 6.26 Å². The molecular formula is C14H21NO2. The van der Waals surface area contributed by atoms with E-state index in [9.17, 15) is 4.79 Å². The minimum absolute atomic E-state index is 0.162. The molecule has 1 aliphatic heterocycles. The second kappa shape index (κ2) is 5.39. The van der Waals surface area contributed by atoms with Crippen LogP contribution in [-0.4, -0.2) is 23.9 Å². The van der Waals surface area contributed by atoms with Crippen molar-refractivity contribution in [1.29, 1.82) is 0 Å². The van der Waals surface area contributed by atoms with Gasteiger partial charge in [-0.15, -0.1) is 0 Å². The molecule has 1 saturated heterocycles. The average molecular weight is 235 g/mol. The minimum Gasteiger partial charge on any atom is -0.469 e. The van der Waals surface area contributed by atoms with Gasteiger partial charge in [0.15, 0.2) is 0 Å². The van der Waals surface area contributed by atoms with E-state index >= 15 is 0 Å². The maximum atomic E-state index is 12.1. The van der Waals surface area contributed by atoms with Crippen LogP contribution in [0.15, 0.2) is 22.8 Å². The van der Waals surface area contributed by atoms with Crippen molar-refractivity contribution >= 4 is 5.91 Å². The SMILES string of the molecule is CCCC(C)C(=O)N1CCC(c2ccco2)C1. The van der Waals surface area contributed by atoms with Crippen molar-refractivity contribution in [3.05, 3.63) is 24.2 Å². The molecule has 2 rings (SSSR count). The van der Waals surface area contributed by atoms with Crippen LogP contribution < -0.4 is 0 Å². The van der Waals surface area contributed by atoms with Gasteiger partial charge < -0.3 is 9.32 Å². The number of nitrogens with zero attached hydrogens (tertiary/aromatic N) is 1. The molecule has 2 atom stereocenters. The summed E-state index contributed by atoms with van der Waals surface area (Å²) in [7, 11) is 0. The van der Waals surface area contributed by atoms with Crippen LogP contribution in [0.2, 0.25) is 0 Å². The fourth-order valence-corrected chi connectivity index (χ4v) is 2.58. The van der Waals surface area contributed by atoms with Gasteiger partial charge in [0.1, 0.15) is 5.76 Å². The number of furan rings is 1. The van der Waals surface area contributed by atoms with Crippen LogP contribution in [0.1, 0.15) is 44.8 Å². The Morgan fingerprint density at radius 3 is 3.12 bits per heavy atom. The normalized spacial score (nSPS) is 21.8. The summed E-state index contributed by atoms with van der Waals surface area (Å²) in [5.74, 6) is 1.88. The third-order valence-corrected chi connectivity index (χ3v) is 3.59. The molecule has 0 aliphatic carbocycles. The molecule has 94 valence electrons. The molecule has 17 heavy (non-hydrogen) atoms. The van der Waals surface area contributed by atoms with E-state index in [1.165, 1.54) is 0 Å². The standard InChI is InChI=1S/C14H21NO2/c1-3-5-11(2)14(16)15-8-7-12(10-15)13-6-4-9-17-13/h4,6,9,11-12H,3,5,7-8,10H2,1-2H3. The van der Waals surface area contributed by atoms with Crippen molar-refractivity contribution in [2.24, 2.45) is 5.92 Å². The summed E-state index contributed by atoms with van der Waals surface area (Å²) in [6.07, 6.45) is 4.79. The lowest BCUT2D eigenvalue weighted by Crippen LogP contribution is -2.33. The number of carbonyl (C=O) groups is 1. The van der Waals surface area contributed by atoms with E-state index in [0.717, 1.165) is 38.1 Å². The molecule has 1 fully saturated rings. The summed E-state index contributed by atoms with van der Waals surface area (Å²) in [6.45, 7) is 5.85. The Morgan fingerprint density at radius 2 is 2.47 bits per heavy atom. The number of hydrogen-bond donors (Lipinski definition) is 0. The average Bonchev–Trinajstić information content (AvgIpc) is 2.98. The van der Waals surface area contributed by atoms with Gasteiger partial charge in [0, 0.05) is 24.9 Å². The Bertz CT molecular complexity index is 358. The zero-order valence-corrected chi connectivity index (χ0v) is 10.7. The Kier molecular flexibility index (Phi) is 3.87. The van der Waals surface area contributed by atoms with Gasteiger partial charge in [-0.05, 0) is 25.0 Å². The van der Waals surface area contributed by atoms with Gasteiger partial charge in [-0.3, -0.25) is 4.79 Å². The minimum atomic E-state index is 0.162. The molecule has 2 heterocycles. The van der Waals surface area contributed by atoms with Gasteiger partial charge in [0.2, 0.25) is 5.91 Å². The summed E-state index contributed by atoms with van der Waals surface area (Å²) >= 11 is 0. The first-order valence-electron chi connectivity index (χ1n) is 6.54. The fourth-order valence-electron chi connectivity index (χ4n) is 2.58. The van der Waals surface area contributed by atoms with Crippen LogP contribution in [-0.2, 0) is 4.79 Å². The van der Waals surface area contributed by atoms with Crippen LogP contribution in [0.5, 0.6) is 0 Å². The highest BCUT2D eigenvalue weighted by Gasteiger charge is 2.30. The van der Waals surface area contributed by atoms with Crippen LogP contribution in [0, 0.1) is 5.92 Å². The molecule has 1 amide bonds. The predicted octanol–water partition coefficient (Wildman–Crippen LogP) is 3.03. The first-order chi connectivity index (χ1) is 8.22. The second-order valence-electron chi connectivity index (χ2n) is 4.97. The number of rotatable bonds is 4. The van der Waals surface area contributed by atoms with Gasteiger partial charge in [0.25, 0.3) is 0 Å². The smallest absolute Gasteiger partial charge is 0.225 e. The molecule has 2 unspecified atom stereocenters. The Labute approximate surface area is 103 Å². The number of hydrogen-bond acceptors (Lipinski definition) is 2. The topological polar surface area (TPSA) is 33.5 Å². The molecule has 0 spiro atoms. The second-order valence-corrected chi connectivity index (χ2v) is 4.97. The van der Waals surface area contributed by atoms with Crippen LogP contribution in [0.25, 0.3) is 0 Å². The maximum Gasteiger partial charge on any atom is 0.225 e. The molecule has 0 bridgehead atoms. The van der Waals surface area contributed by atoms with E-state index in [-0.39, 0.29) is 5.92 Å². The number of amides is 1. The first-order valence-corrected chi connectivity index (χ1v) is 6.54. The van der Waals surface area contributed by atoms with E-state index in [0.29, 0.717) is 11.8 Å². The van der Waals surface area contributed by atoms with Crippen molar-refractivity contribution in [1.82, 2.24) is 4.90 Å². The molecule has 1 aromatic heterocycles. The van der Waals surface area contributed by atoms with E-state index in [2.05, 4.69) is 6.92 Å². The van der Waals surface area contributed by atoms with Gasteiger partial charge in [-0.25, -0.2) is 0 Å². The van der Waals surface area contributed by atoms with Gasteiger partial charge in [-0.2, -0.15) is 0 Å². The van der Waals surface area contributed by atoms with Gasteiger partial charge in [-0.1, -0.05) is 20.3 Å². The largest absolute Gasteiger partial charge is 0.469 e. The van der Waals surface area contributed by atoms with Crippen molar-refractivity contribution in [3.63, 3.8) is 0 Å². The van der Waals surface area contributed by atoms with Crippen molar-refractivity contribution in [2.75, 3.05) is 13.1 Å². The summed E-state index contributed by atoms with van der Waals surface area (Å²) in [6, 6.07) is 3.92. The molecule has 0 aromatic carbocycles. The third kappa shape index (κ3) is 2.71. The fraction of sp³-hybridized carbons (Fsp3) is 0.643. The van der Waals surface area contributed by atoms with Gasteiger partial charge >= 0.3 is 0 Å². The zero-order chi connectivity index (χ0) is 12.3. The summed E-state index contributed by atoms with van der Waals surface area (Å²) in [5, 5.41) is 0. The molecule has 3 nitrogen and oxygen atoms in total. The Balaban J connectivity index is 1.91. The van der Waals surface area contributed by atoms with E-state index < -0.39 is 0 Å². The van der Waals surface area contributed by atoms with Crippen molar-refractivity contribution in [2.45, 2.75) is 39.0 Å².